The van der Waals surface area contributed by atoms with E-state index < -0.39 is 10.0 Å². The molecule has 6 heteroatoms. The fourth-order valence-electron chi connectivity index (χ4n) is 1.83. The van der Waals surface area contributed by atoms with E-state index in [1.807, 2.05) is 25.5 Å². The molecule has 0 atom stereocenters. The van der Waals surface area contributed by atoms with Gasteiger partial charge in [-0.3, -0.25) is 0 Å². The molecule has 5 nitrogen and oxygen atoms in total. The zero-order chi connectivity index (χ0) is 14.6. The first-order valence-electron chi connectivity index (χ1n) is 6.09. The highest BCUT2D eigenvalue weighted by atomic mass is 32.2. The van der Waals surface area contributed by atoms with E-state index in [1.54, 1.807) is 12.3 Å². The van der Waals surface area contributed by atoms with Crippen molar-refractivity contribution in [2.75, 3.05) is 20.6 Å². The molecule has 1 N–H and O–H groups in total. The van der Waals surface area contributed by atoms with Gasteiger partial charge in [-0.2, -0.15) is 4.31 Å². The van der Waals surface area contributed by atoms with Crippen LogP contribution in [0.4, 0.5) is 0 Å². The summed E-state index contributed by atoms with van der Waals surface area (Å²) >= 11 is 0. The smallest absolute Gasteiger partial charge is 0.245 e. The SMILES string of the molecule is C#CCN(C)S(=O)(=O)c1cc(CNC)n(C(C)C)c1. The van der Waals surface area contributed by atoms with Crippen LogP contribution in [0.25, 0.3) is 0 Å². The van der Waals surface area contributed by atoms with Crippen LogP contribution in [0.15, 0.2) is 17.2 Å². The lowest BCUT2D eigenvalue weighted by molar-refractivity contribution is 0.502. The van der Waals surface area contributed by atoms with Crippen LogP contribution < -0.4 is 5.32 Å². The fraction of sp³-hybridized carbons (Fsp3) is 0.538. The average molecular weight is 283 g/mol. The standard InChI is InChI=1S/C13H21N3O2S/c1-6-7-15(5)19(17,18)13-8-12(9-14-4)16(10-13)11(2)3/h1,8,10-11,14H,7,9H2,2-5H3. The third-order valence-corrected chi connectivity index (χ3v) is 4.61. The molecule has 0 spiro atoms. The number of aromatic nitrogens is 1. The van der Waals surface area contributed by atoms with Crippen molar-refractivity contribution in [2.24, 2.45) is 0 Å². The second-order valence-electron chi connectivity index (χ2n) is 4.66. The van der Waals surface area contributed by atoms with Crippen molar-refractivity contribution < 1.29 is 8.42 Å². The first kappa shape index (κ1) is 15.8. The number of nitrogens with zero attached hydrogens (tertiary/aromatic N) is 2. The summed E-state index contributed by atoms with van der Waals surface area (Å²) in [5, 5.41) is 3.04. The summed E-state index contributed by atoms with van der Waals surface area (Å²) in [6, 6.07) is 1.89. The zero-order valence-electron chi connectivity index (χ0n) is 11.8. The zero-order valence-corrected chi connectivity index (χ0v) is 12.7. The summed E-state index contributed by atoms with van der Waals surface area (Å²) in [5.41, 5.74) is 0.935. The molecule has 0 radical (unpaired) electrons. The van der Waals surface area contributed by atoms with Gasteiger partial charge in [0.2, 0.25) is 10.0 Å². The molecule has 0 aliphatic carbocycles. The Labute approximate surface area is 115 Å². The lowest BCUT2D eigenvalue weighted by atomic mass is 10.3. The van der Waals surface area contributed by atoms with E-state index in [2.05, 4.69) is 11.2 Å². The molecule has 0 unspecified atom stereocenters. The molecule has 0 aromatic carbocycles. The molecule has 0 aliphatic rings. The van der Waals surface area contributed by atoms with Crippen LogP contribution in [-0.4, -0.2) is 37.9 Å². The molecular formula is C13H21N3O2S. The molecule has 1 heterocycles. The number of terminal acetylenes is 1. The Morgan fingerprint density at radius 1 is 1.53 bits per heavy atom. The van der Waals surface area contributed by atoms with E-state index in [1.165, 1.54) is 11.4 Å². The first-order chi connectivity index (χ1) is 8.84. The van der Waals surface area contributed by atoms with Gasteiger partial charge < -0.3 is 9.88 Å². The van der Waals surface area contributed by atoms with E-state index >= 15 is 0 Å². The van der Waals surface area contributed by atoms with Gasteiger partial charge in [-0.15, -0.1) is 6.42 Å². The van der Waals surface area contributed by atoms with Crippen LogP contribution in [0.3, 0.4) is 0 Å². The Morgan fingerprint density at radius 2 is 2.16 bits per heavy atom. The molecule has 0 fully saturated rings. The lowest BCUT2D eigenvalue weighted by Crippen LogP contribution is -2.26. The Kier molecular flexibility index (Phi) is 5.18. The average Bonchev–Trinajstić information content (AvgIpc) is 2.74. The largest absolute Gasteiger partial charge is 0.346 e. The van der Waals surface area contributed by atoms with E-state index in [0.717, 1.165) is 5.69 Å². The molecule has 106 valence electrons. The molecular weight excluding hydrogens is 262 g/mol. The van der Waals surface area contributed by atoms with Gasteiger partial charge in [0.05, 0.1) is 6.54 Å². The van der Waals surface area contributed by atoms with Gasteiger partial charge in [-0.05, 0) is 27.0 Å². The number of sulfonamides is 1. The van der Waals surface area contributed by atoms with Crippen molar-refractivity contribution in [1.29, 1.82) is 0 Å². The Bertz CT molecular complexity index is 567. The third kappa shape index (κ3) is 3.38. The third-order valence-electron chi connectivity index (χ3n) is 2.84. The molecule has 0 amide bonds. The minimum absolute atomic E-state index is 0.0660. The van der Waals surface area contributed by atoms with Crippen molar-refractivity contribution in [3.63, 3.8) is 0 Å². The molecule has 1 rings (SSSR count). The van der Waals surface area contributed by atoms with Gasteiger partial charge in [-0.1, -0.05) is 5.92 Å². The summed E-state index contributed by atoms with van der Waals surface area (Å²) < 4.78 is 27.8. The van der Waals surface area contributed by atoms with Crippen molar-refractivity contribution in [3.05, 3.63) is 18.0 Å². The minimum atomic E-state index is -3.51. The van der Waals surface area contributed by atoms with Crippen LogP contribution in [0.5, 0.6) is 0 Å². The maximum Gasteiger partial charge on any atom is 0.245 e. The number of hydrogen-bond donors (Lipinski definition) is 1. The number of rotatable bonds is 6. The number of hydrogen-bond acceptors (Lipinski definition) is 3. The molecule has 1 aromatic rings. The van der Waals surface area contributed by atoms with Crippen molar-refractivity contribution in [1.82, 2.24) is 14.2 Å². The van der Waals surface area contributed by atoms with Crippen molar-refractivity contribution >= 4 is 10.0 Å². The Balaban J connectivity index is 3.22. The normalized spacial score (nSPS) is 12.1. The van der Waals surface area contributed by atoms with Crippen molar-refractivity contribution in [2.45, 2.75) is 31.3 Å². The van der Waals surface area contributed by atoms with Crippen LogP contribution in [0.1, 0.15) is 25.6 Å². The Hall–Kier alpha value is -1.29. The van der Waals surface area contributed by atoms with E-state index in [4.69, 9.17) is 6.42 Å². The Morgan fingerprint density at radius 3 is 2.63 bits per heavy atom. The molecule has 0 aliphatic heterocycles. The topological polar surface area (TPSA) is 54.3 Å². The second-order valence-corrected chi connectivity index (χ2v) is 6.71. The van der Waals surface area contributed by atoms with Gasteiger partial charge in [0.15, 0.2) is 0 Å². The summed E-state index contributed by atoms with van der Waals surface area (Å²) in [4.78, 5) is 0.282. The number of nitrogens with one attached hydrogen (secondary N) is 1. The van der Waals surface area contributed by atoms with Gasteiger partial charge >= 0.3 is 0 Å². The van der Waals surface area contributed by atoms with E-state index in [0.29, 0.717) is 6.54 Å². The predicted octanol–water partition coefficient (Wildman–Crippen LogP) is 1.04. The van der Waals surface area contributed by atoms with Crippen LogP contribution in [0, 0.1) is 12.3 Å². The fourth-order valence-corrected chi connectivity index (χ4v) is 2.97. The summed E-state index contributed by atoms with van der Waals surface area (Å²) in [7, 11) is -0.197. The predicted molar refractivity (Wildman–Crippen MR) is 76.2 cm³/mol. The van der Waals surface area contributed by atoms with Gasteiger partial charge in [0, 0.05) is 31.5 Å². The van der Waals surface area contributed by atoms with Crippen LogP contribution in [-0.2, 0) is 16.6 Å². The van der Waals surface area contributed by atoms with Crippen LogP contribution in [0.2, 0.25) is 0 Å². The molecule has 0 saturated heterocycles. The van der Waals surface area contributed by atoms with E-state index in [9.17, 15) is 8.42 Å². The highest BCUT2D eigenvalue weighted by Gasteiger charge is 2.23. The lowest BCUT2D eigenvalue weighted by Gasteiger charge is -2.13. The molecule has 0 bridgehead atoms. The van der Waals surface area contributed by atoms with Gasteiger partial charge in [0.25, 0.3) is 0 Å². The maximum atomic E-state index is 12.3. The highest BCUT2D eigenvalue weighted by Crippen LogP contribution is 2.21. The molecule has 0 saturated carbocycles. The van der Waals surface area contributed by atoms with Crippen molar-refractivity contribution in [3.8, 4) is 12.3 Å². The van der Waals surface area contributed by atoms with Crippen LogP contribution >= 0.6 is 0 Å². The quantitative estimate of drug-likeness (QED) is 0.794. The summed E-state index contributed by atoms with van der Waals surface area (Å²) in [5.74, 6) is 2.34. The summed E-state index contributed by atoms with van der Waals surface area (Å²) in [6.45, 7) is 4.71. The van der Waals surface area contributed by atoms with Gasteiger partial charge in [-0.25, -0.2) is 8.42 Å². The van der Waals surface area contributed by atoms with Gasteiger partial charge in [0.1, 0.15) is 4.90 Å². The monoisotopic (exact) mass is 283 g/mol. The molecule has 19 heavy (non-hydrogen) atoms. The molecule has 1 aromatic heterocycles. The minimum Gasteiger partial charge on any atom is -0.346 e. The summed E-state index contributed by atoms with van der Waals surface area (Å²) in [6.07, 6.45) is 6.83. The van der Waals surface area contributed by atoms with E-state index in [-0.39, 0.29) is 17.5 Å². The first-order valence-corrected chi connectivity index (χ1v) is 7.53. The second kappa shape index (κ2) is 6.24. The maximum absolute atomic E-state index is 12.3. The highest BCUT2D eigenvalue weighted by molar-refractivity contribution is 7.89.